The van der Waals surface area contributed by atoms with E-state index in [1.165, 1.54) is 0 Å². The van der Waals surface area contributed by atoms with Crippen molar-refractivity contribution in [1.29, 1.82) is 0 Å². The molecule has 1 amide bonds. The second-order valence-electron chi connectivity index (χ2n) is 6.44. The van der Waals surface area contributed by atoms with Crippen molar-refractivity contribution in [2.75, 3.05) is 6.54 Å². The van der Waals surface area contributed by atoms with Gasteiger partial charge in [0.25, 0.3) is 0 Å². The first-order chi connectivity index (χ1) is 10.2. The summed E-state index contributed by atoms with van der Waals surface area (Å²) in [6.45, 7) is 10.3. The molecule has 22 heavy (non-hydrogen) atoms. The highest BCUT2D eigenvalue weighted by Gasteiger charge is 2.19. The highest BCUT2D eigenvalue weighted by molar-refractivity contribution is 6.30. The van der Waals surface area contributed by atoms with Gasteiger partial charge in [-0.3, -0.25) is 0 Å². The Bertz CT molecular complexity index is 486. The molecule has 0 aromatic heterocycles. The van der Waals surface area contributed by atoms with E-state index < -0.39 is 5.60 Å². The lowest BCUT2D eigenvalue weighted by atomic mass is 10.1. The number of carbonyl (C=O) groups excluding carboxylic acids is 1. The van der Waals surface area contributed by atoms with Crippen LogP contribution in [0.5, 0.6) is 0 Å². The Morgan fingerprint density at radius 3 is 2.59 bits per heavy atom. The summed E-state index contributed by atoms with van der Waals surface area (Å²) in [5, 5.41) is 7.04. The summed E-state index contributed by atoms with van der Waals surface area (Å²) in [4.78, 5) is 11.8. The Morgan fingerprint density at radius 1 is 1.36 bits per heavy atom. The van der Waals surface area contributed by atoms with E-state index in [2.05, 4.69) is 17.6 Å². The summed E-state index contributed by atoms with van der Waals surface area (Å²) in [6.07, 6.45) is 0.450. The summed E-state index contributed by atoms with van der Waals surface area (Å²) in [5.41, 5.74) is 0.642. The largest absolute Gasteiger partial charge is 0.444 e. The molecule has 0 saturated heterocycles. The first-order valence-corrected chi connectivity index (χ1v) is 8.07. The molecule has 1 rings (SSSR count). The number of carbonyl (C=O) groups is 1. The third kappa shape index (κ3) is 7.14. The third-order valence-corrected chi connectivity index (χ3v) is 3.47. The van der Waals surface area contributed by atoms with Gasteiger partial charge in [0.05, 0.1) is 0 Å². The maximum Gasteiger partial charge on any atom is 0.407 e. The van der Waals surface area contributed by atoms with Crippen LogP contribution in [0.3, 0.4) is 0 Å². The molecule has 124 valence electrons. The average Bonchev–Trinajstić information content (AvgIpc) is 2.41. The Morgan fingerprint density at radius 2 is 2.05 bits per heavy atom. The lowest BCUT2D eigenvalue weighted by Gasteiger charge is -2.24. The van der Waals surface area contributed by atoms with Gasteiger partial charge in [-0.15, -0.1) is 0 Å². The number of halogens is 1. The smallest absolute Gasteiger partial charge is 0.407 e. The summed E-state index contributed by atoms with van der Waals surface area (Å²) in [5.74, 6) is 0. The molecule has 1 aromatic carbocycles. The van der Waals surface area contributed by atoms with Crippen LogP contribution in [-0.2, 0) is 4.74 Å². The van der Waals surface area contributed by atoms with Gasteiger partial charge >= 0.3 is 6.09 Å². The molecule has 0 fully saturated rings. The normalized spacial score (nSPS) is 14.3. The minimum absolute atomic E-state index is 0.0245. The van der Waals surface area contributed by atoms with Crippen LogP contribution in [0, 0.1) is 0 Å². The molecule has 2 N–H and O–H groups in total. The molecule has 2 atom stereocenters. The Balaban J connectivity index is 2.48. The maximum atomic E-state index is 11.8. The lowest BCUT2D eigenvalue weighted by Crippen LogP contribution is -2.44. The van der Waals surface area contributed by atoms with Crippen molar-refractivity contribution in [3.8, 4) is 0 Å². The molecular weight excluding hydrogens is 300 g/mol. The van der Waals surface area contributed by atoms with Gasteiger partial charge in [-0.1, -0.05) is 30.7 Å². The molecule has 1 aromatic rings. The summed E-state index contributed by atoms with van der Waals surface area (Å²) in [7, 11) is 0. The quantitative estimate of drug-likeness (QED) is 0.819. The van der Waals surface area contributed by atoms with E-state index in [0.29, 0.717) is 6.54 Å². The highest BCUT2D eigenvalue weighted by Crippen LogP contribution is 2.17. The molecule has 0 radical (unpaired) electrons. The monoisotopic (exact) mass is 326 g/mol. The van der Waals surface area contributed by atoms with Crippen LogP contribution in [0.4, 0.5) is 4.79 Å². The fourth-order valence-electron chi connectivity index (χ4n) is 1.98. The number of hydrogen-bond donors (Lipinski definition) is 2. The van der Waals surface area contributed by atoms with Crippen LogP contribution in [0.2, 0.25) is 5.02 Å². The number of hydrogen-bond acceptors (Lipinski definition) is 3. The molecule has 0 aliphatic heterocycles. The molecule has 4 nitrogen and oxygen atoms in total. The first kappa shape index (κ1) is 18.8. The average molecular weight is 327 g/mol. The van der Waals surface area contributed by atoms with Gasteiger partial charge in [0.2, 0.25) is 0 Å². The molecule has 0 spiro atoms. The third-order valence-electron chi connectivity index (χ3n) is 3.23. The van der Waals surface area contributed by atoms with E-state index in [-0.39, 0.29) is 18.2 Å². The van der Waals surface area contributed by atoms with Crippen LogP contribution >= 0.6 is 11.6 Å². The van der Waals surface area contributed by atoms with Crippen LogP contribution < -0.4 is 10.6 Å². The van der Waals surface area contributed by atoms with Gasteiger partial charge in [0.15, 0.2) is 0 Å². The van der Waals surface area contributed by atoms with Crippen LogP contribution in [0.1, 0.15) is 52.6 Å². The van der Waals surface area contributed by atoms with Gasteiger partial charge in [0, 0.05) is 23.7 Å². The van der Waals surface area contributed by atoms with Crippen LogP contribution in [0.15, 0.2) is 24.3 Å². The molecule has 0 bridgehead atoms. The Labute approximate surface area is 138 Å². The maximum absolute atomic E-state index is 11.8. The van der Waals surface area contributed by atoms with E-state index in [4.69, 9.17) is 16.3 Å². The van der Waals surface area contributed by atoms with E-state index in [1.54, 1.807) is 0 Å². The molecule has 2 unspecified atom stereocenters. The second kappa shape index (κ2) is 8.39. The number of benzene rings is 1. The van der Waals surface area contributed by atoms with Crippen LogP contribution in [0.25, 0.3) is 0 Å². The van der Waals surface area contributed by atoms with Gasteiger partial charge < -0.3 is 15.4 Å². The first-order valence-electron chi connectivity index (χ1n) is 7.69. The number of alkyl carbamates (subject to hydrolysis) is 1. The summed E-state index contributed by atoms with van der Waals surface area (Å²) >= 11 is 6.01. The standard InChI is InChI=1S/C17H27ClN2O2/c1-6-15(20-16(21)22-17(3,4)5)11-19-12(2)13-8-7-9-14(18)10-13/h7-10,12,15,19H,6,11H2,1-5H3,(H,20,21). The minimum atomic E-state index is -0.482. The van der Waals surface area contributed by atoms with Gasteiger partial charge in [-0.2, -0.15) is 0 Å². The van der Waals surface area contributed by atoms with Gasteiger partial charge in [-0.05, 0) is 51.8 Å². The van der Waals surface area contributed by atoms with Crippen LogP contribution in [-0.4, -0.2) is 24.3 Å². The molecule has 5 heteroatoms. The zero-order valence-corrected chi connectivity index (χ0v) is 14.8. The fraction of sp³-hybridized carbons (Fsp3) is 0.588. The Hall–Kier alpha value is -1.26. The Kier molecular flexibility index (Phi) is 7.17. The summed E-state index contributed by atoms with van der Waals surface area (Å²) < 4.78 is 5.28. The second-order valence-corrected chi connectivity index (χ2v) is 6.87. The SMILES string of the molecule is CCC(CNC(C)c1cccc(Cl)c1)NC(=O)OC(C)(C)C. The summed E-state index contributed by atoms with van der Waals surface area (Å²) in [6, 6.07) is 7.96. The minimum Gasteiger partial charge on any atom is -0.444 e. The van der Waals surface area contributed by atoms with Crippen molar-refractivity contribution < 1.29 is 9.53 Å². The number of rotatable bonds is 6. The molecule has 0 saturated carbocycles. The van der Waals surface area contributed by atoms with E-state index in [0.717, 1.165) is 17.0 Å². The van der Waals surface area contributed by atoms with E-state index in [1.807, 2.05) is 52.0 Å². The van der Waals surface area contributed by atoms with Crippen molar-refractivity contribution in [2.24, 2.45) is 0 Å². The molecule has 0 heterocycles. The van der Waals surface area contributed by atoms with E-state index in [9.17, 15) is 4.79 Å². The predicted octanol–water partition coefficient (Wildman–Crippen LogP) is 4.29. The van der Waals surface area contributed by atoms with Crippen molar-refractivity contribution in [3.63, 3.8) is 0 Å². The van der Waals surface area contributed by atoms with Crippen molar-refractivity contribution in [1.82, 2.24) is 10.6 Å². The zero-order valence-electron chi connectivity index (χ0n) is 14.1. The van der Waals surface area contributed by atoms with Crippen molar-refractivity contribution in [2.45, 2.75) is 58.7 Å². The van der Waals surface area contributed by atoms with Gasteiger partial charge in [-0.25, -0.2) is 4.79 Å². The molecule has 0 aliphatic rings. The van der Waals surface area contributed by atoms with Crippen molar-refractivity contribution >= 4 is 17.7 Å². The number of amides is 1. The predicted molar refractivity (Wildman–Crippen MR) is 91.3 cm³/mol. The fourth-order valence-corrected chi connectivity index (χ4v) is 2.18. The lowest BCUT2D eigenvalue weighted by molar-refractivity contribution is 0.0502. The highest BCUT2D eigenvalue weighted by atomic mass is 35.5. The number of ether oxygens (including phenoxy) is 1. The molecular formula is C17H27ClN2O2. The topological polar surface area (TPSA) is 50.4 Å². The van der Waals surface area contributed by atoms with Crippen molar-refractivity contribution in [3.05, 3.63) is 34.9 Å². The number of nitrogens with one attached hydrogen (secondary N) is 2. The van der Waals surface area contributed by atoms with Gasteiger partial charge in [0.1, 0.15) is 5.60 Å². The zero-order chi connectivity index (χ0) is 16.8. The molecule has 0 aliphatic carbocycles. The van der Waals surface area contributed by atoms with E-state index >= 15 is 0 Å².